The Morgan fingerprint density at radius 2 is 2.16 bits per heavy atom. The van der Waals surface area contributed by atoms with Crippen molar-refractivity contribution in [1.29, 1.82) is 5.26 Å². The van der Waals surface area contributed by atoms with Crippen molar-refractivity contribution in [3.63, 3.8) is 0 Å². The molecule has 2 rings (SSSR count). The molecular formula is C14H17Br2NO2. The molecular weight excluding hydrogens is 374 g/mol. The summed E-state index contributed by atoms with van der Waals surface area (Å²) >= 11 is 6.60. The first-order valence-corrected chi connectivity index (χ1v) is 8.15. The first-order valence-electron chi connectivity index (χ1n) is 6.56. The standard InChI is InChI=1S/C14H17Br2NO2/c1-2-9-3-5-14(8-17,6-4-9)12(18)11-7-10(15)13(16)19-11/h7,9,12,18H,2-6H2,1H3. The quantitative estimate of drug-likeness (QED) is 0.794. The van der Waals surface area contributed by atoms with Crippen LogP contribution in [0.25, 0.3) is 0 Å². The molecule has 1 aromatic rings. The third-order valence-electron chi connectivity index (χ3n) is 4.25. The molecule has 1 aliphatic rings. The lowest BCUT2D eigenvalue weighted by Crippen LogP contribution is -2.32. The molecule has 1 unspecified atom stereocenters. The van der Waals surface area contributed by atoms with Gasteiger partial charge in [-0.15, -0.1) is 0 Å². The number of nitriles is 1. The second kappa shape index (κ2) is 5.99. The molecule has 0 saturated heterocycles. The Balaban J connectivity index is 2.20. The van der Waals surface area contributed by atoms with Crippen molar-refractivity contribution < 1.29 is 9.52 Å². The number of halogens is 2. The van der Waals surface area contributed by atoms with Gasteiger partial charge in [-0.25, -0.2) is 0 Å². The molecule has 104 valence electrons. The van der Waals surface area contributed by atoms with E-state index in [0.29, 0.717) is 16.3 Å². The number of furan rings is 1. The largest absolute Gasteiger partial charge is 0.450 e. The van der Waals surface area contributed by atoms with Crippen molar-refractivity contribution in [2.45, 2.75) is 45.1 Å². The summed E-state index contributed by atoms with van der Waals surface area (Å²) in [7, 11) is 0. The highest BCUT2D eigenvalue weighted by molar-refractivity contribution is 9.13. The Hall–Kier alpha value is -0.310. The molecule has 1 heterocycles. The minimum absolute atomic E-state index is 0.454. The van der Waals surface area contributed by atoms with Gasteiger partial charge in [0.15, 0.2) is 4.67 Å². The van der Waals surface area contributed by atoms with Crippen LogP contribution < -0.4 is 0 Å². The normalized spacial score (nSPS) is 28.9. The average molecular weight is 391 g/mol. The first kappa shape index (κ1) is 15.1. The van der Waals surface area contributed by atoms with E-state index in [0.717, 1.165) is 36.6 Å². The third kappa shape index (κ3) is 2.91. The molecule has 0 radical (unpaired) electrons. The van der Waals surface area contributed by atoms with Gasteiger partial charge in [0.1, 0.15) is 11.9 Å². The zero-order valence-corrected chi connectivity index (χ0v) is 14.0. The zero-order valence-electron chi connectivity index (χ0n) is 10.8. The molecule has 19 heavy (non-hydrogen) atoms. The number of hydrogen-bond donors (Lipinski definition) is 1. The maximum atomic E-state index is 10.5. The van der Waals surface area contributed by atoms with Crippen molar-refractivity contribution in [3.05, 3.63) is 21.0 Å². The lowest BCUT2D eigenvalue weighted by atomic mass is 9.67. The molecule has 0 aromatic carbocycles. The summed E-state index contributed by atoms with van der Waals surface area (Å²) in [4.78, 5) is 0. The van der Waals surface area contributed by atoms with E-state index in [2.05, 4.69) is 44.9 Å². The van der Waals surface area contributed by atoms with Crippen LogP contribution >= 0.6 is 31.9 Å². The molecule has 0 spiro atoms. The van der Waals surface area contributed by atoms with Gasteiger partial charge in [0.05, 0.1) is 16.0 Å². The first-order chi connectivity index (χ1) is 9.02. The van der Waals surface area contributed by atoms with Crippen LogP contribution in [0.1, 0.15) is 50.9 Å². The van der Waals surface area contributed by atoms with Gasteiger partial charge in [0.25, 0.3) is 0 Å². The van der Waals surface area contributed by atoms with Crippen LogP contribution in [0.2, 0.25) is 0 Å². The smallest absolute Gasteiger partial charge is 0.183 e. The molecule has 1 aromatic heterocycles. The molecule has 1 aliphatic carbocycles. The molecule has 1 fully saturated rings. The predicted molar refractivity (Wildman–Crippen MR) is 79.4 cm³/mol. The maximum absolute atomic E-state index is 10.5. The lowest BCUT2D eigenvalue weighted by molar-refractivity contribution is 0.00906. The molecule has 3 nitrogen and oxygen atoms in total. The van der Waals surface area contributed by atoms with Crippen molar-refractivity contribution in [2.75, 3.05) is 0 Å². The van der Waals surface area contributed by atoms with Crippen LogP contribution in [0, 0.1) is 22.7 Å². The van der Waals surface area contributed by atoms with E-state index in [1.807, 2.05) is 0 Å². The fourth-order valence-corrected chi connectivity index (χ4v) is 3.43. The van der Waals surface area contributed by atoms with Gasteiger partial charge in [-0.05, 0) is 69.5 Å². The summed E-state index contributed by atoms with van der Waals surface area (Å²) in [5, 5.41) is 20.1. The fraction of sp³-hybridized carbons (Fsp3) is 0.643. The lowest BCUT2D eigenvalue weighted by Gasteiger charge is -2.37. The summed E-state index contributed by atoms with van der Waals surface area (Å²) < 4.78 is 6.79. The number of aliphatic hydroxyl groups excluding tert-OH is 1. The Kier molecular flexibility index (Phi) is 4.75. The molecule has 5 heteroatoms. The van der Waals surface area contributed by atoms with E-state index in [1.54, 1.807) is 6.07 Å². The number of nitrogens with zero attached hydrogens (tertiary/aromatic N) is 1. The van der Waals surface area contributed by atoms with Crippen LogP contribution in [0.15, 0.2) is 19.6 Å². The van der Waals surface area contributed by atoms with E-state index in [1.165, 1.54) is 0 Å². The second-order valence-corrected chi connectivity index (χ2v) is 6.87. The summed E-state index contributed by atoms with van der Waals surface area (Å²) in [5.74, 6) is 1.14. The van der Waals surface area contributed by atoms with Crippen LogP contribution in [0.3, 0.4) is 0 Å². The van der Waals surface area contributed by atoms with Gasteiger partial charge < -0.3 is 9.52 Å². The van der Waals surface area contributed by atoms with Crippen molar-refractivity contribution in [3.8, 4) is 6.07 Å². The summed E-state index contributed by atoms with van der Waals surface area (Å²) in [6, 6.07) is 4.08. The number of aliphatic hydroxyl groups is 1. The van der Waals surface area contributed by atoms with E-state index in [9.17, 15) is 10.4 Å². The number of hydrogen-bond acceptors (Lipinski definition) is 3. The molecule has 1 N–H and O–H groups in total. The van der Waals surface area contributed by atoms with Crippen molar-refractivity contribution in [2.24, 2.45) is 11.3 Å². The highest BCUT2D eigenvalue weighted by atomic mass is 79.9. The van der Waals surface area contributed by atoms with E-state index >= 15 is 0 Å². The van der Waals surface area contributed by atoms with Crippen molar-refractivity contribution in [1.82, 2.24) is 0 Å². The molecule has 1 saturated carbocycles. The fourth-order valence-electron chi connectivity index (χ4n) is 2.82. The van der Waals surface area contributed by atoms with E-state index in [4.69, 9.17) is 4.42 Å². The molecule has 1 atom stereocenters. The SMILES string of the molecule is CCC1CCC(C#N)(C(O)c2cc(Br)c(Br)o2)CC1. The van der Waals surface area contributed by atoms with Gasteiger partial charge in [-0.3, -0.25) is 0 Å². The minimum atomic E-state index is -0.863. The van der Waals surface area contributed by atoms with Crippen LogP contribution in [0.4, 0.5) is 0 Å². The van der Waals surface area contributed by atoms with Gasteiger partial charge in [-0.2, -0.15) is 5.26 Å². The summed E-state index contributed by atoms with van der Waals surface area (Å²) in [5.41, 5.74) is -0.706. The maximum Gasteiger partial charge on any atom is 0.183 e. The van der Waals surface area contributed by atoms with Crippen LogP contribution in [-0.2, 0) is 0 Å². The Labute approximate surface area is 130 Å². The highest BCUT2D eigenvalue weighted by Crippen LogP contribution is 2.48. The molecule has 0 amide bonds. The van der Waals surface area contributed by atoms with Crippen molar-refractivity contribution >= 4 is 31.9 Å². The Bertz CT molecular complexity index is 465. The van der Waals surface area contributed by atoms with Gasteiger partial charge in [0, 0.05) is 0 Å². The molecule has 0 bridgehead atoms. The average Bonchev–Trinajstić information content (AvgIpc) is 2.78. The zero-order chi connectivity index (χ0) is 14.0. The van der Waals surface area contributed by atoms with Gasteiger partial charge in [0.2, 0.25) is 0 Å². The number of rotatable bonds is 3. The highest BCUT2D eigenvalue weighted by Gasteiger charge is 2.43. The van der Waals surface area contributed by atoms with E-state index < -0.39 is 11.5 Å². The Morgan fingerprint density at radius 1 is 1.53 bits per heavy atom. The van der Waals surface area contributed by atoms with Gasteiger partial charge >= 0.3 is 0 Å². The summed E-state index contributed by atoms with van der Waals surface area (Å²) in [6.45, 7) is 2.18. The van der Waals surface area contributed by atoms with Crippen LogP contribution in [0.5, 0.6) is 0 Å². The summed E-state index contributed by atoms with van der Waals surface area (Å²) in [6.07, 6.45) is 3.76. The third-order valence-corrected chi connectivity index (χ3v) is 5.96. The Morgan fingerprint density at radius 3 is 2.58 bits per heavy atom. The topological polar surface area (TPSA) is 57.2 Å². The van der Waals surface area contributed by atoms with Crippen LogP contribution in [-0.4, -0.2) is 5.11 Å². The van der Waals surface area contributed by atoms with E-state index in [-0.39, 0.29) is 0 Å². The second-order valence-electron chi connectivity index (χ2n) is 5.29. The monoisotopic (exact) mass is 389 g/mol. The predicted octanol–water partition coefficient (Wildman–Crippen LogP) is 4.95. The molecule has 0 aliphatic heterocycles. The minimum Gasteiger partial charge on any atom is -0.450 e. The van der Waals surface area contributed by atoms with Gasteiger partial charge in [-0.1, -0.05) is 13.3 Å².